The number of guanidine groups is 1. The quantitative estimate of drug-likeness (QED) is 0.526. The lowest BCUT2D eigenvalue weighted by molar-refractivity contribution is 0.177. The van der Waals surface area contributed by atoms with Gasteiger partial charge in [-0.2, -0.15) is 0 Å². The molecule has 21 heavy (non-hydrogen) atoms. The van der Waals surface area contributed by atoms with Crippen LogP contribution in [0.2, 0.25) is 0 Å². The fourth-order valence-corrected chi connectivity index (χ4v) is 1.87. The Labute approximate surface area is 125 Å². The fraction of sp³-hybridized carbons (Fsp3) is 0.533. The summed E-state index contributed by atoms with van der Waals surface area (Å²) in [4.78, 5) is 4.28. The highest BCUT2D eigenvalue weighted by Crippen LogP contribution is 2.16. The van der Waals surface area contributed by atoms with Gasteiger partial charge in [-0.15, -0.1) is 0 Å². The number of hydrogen-bond acceptors (Lipinski definition) is 3. The topological polar surface area (TPSA) is 65.9 Å². The van der Waals surface area contributed by atoms with Crippen LogP contribution in [0.25, 0.3) is 0 Å². The smallest absolute Gasteiger partial charge is 0.191 e. The van der Waals surface area contributed by atoms with E-state index >= 15 is 0 Å². The Bertz CT molecular complexity index is 454. The maximum atomic E-state index is 13.6. The van der Waals surface area contributed by atoms with Crippen LogP contribution < -0.4 is 10.6 Å². The number of nitrogens with one attached hydrogen (secondary N) is 2. The maximum Gasteiger partial charge on any atom is 0.191 e. The zero-order valence-electron chi connectivity index (χ0n) is 12.8. The van der Waals surface area contributed by atoms with E-state index in [1.807, 2.05) is 13.8 Å². The van der Waals surface area contributed by atoms with Crippen molar-refractivity contribution in [1.29, 1.82) is 0 Å². The van der Waals surface area contributed by atoms with Gasteiger partial charge in [-0.3, -0.25) is 4.99 Å². The fourth-order valence-electron chi connectivity index (χ4n) is 1.87. The van der Waals surface area contributed by atoms with Gasteiger partial charge in [0, 0.05) is 25.3 Å². The molecule has 0 radical (unpaired) electrons. The third-order valence-electron chi connectivity index (χ3n) is 2.83. The summed E-state index contributed by atoms with van der Waals surface area (Å²) in [5, 5.41) is 16.2. The Morgan fingerprint density at radius 2 is 2.14 bits per heavy atom. The molecular formula is C15H24FN3O2. The second-order valence-electron chi connectivity index (χ2n) is 4.76. The van der Waals surface area contributed by atoms with E-state index in [1.165, 1.54) is 6.07 Å². The minimum absolute atomic E-state index is 0.0793. The van der Waals surface area contributed by atoms with E-state index in [-0.39, 0.29) is 18.2 Å². The van der Waals surface area contributed by atoms with Crippen LogP contribution >= 0.6 is 0 Å². The second-order valence-corrected chi connectivity index (χ2v) is 4.76. The van der Waals surface area contributed by atoms with E-state index in [1.54, 1.807) is 25.3 Å². The van der Waals surface area contributed by atoms with Gasteiger partial charge in [0.25, 0.3) is 0 Å². The summed E-state index contributed by atoms with van der Waals surface area (Å²) in [6, 6.07) is 6.25. The molecule has 0 aliphatic heterocycles. The highest BCUT2D eigenvalue weighted by molar-refractivity contribution is 5.80. The van der Waals surface area contributed by atoms with Gasteiger partial charge in [0.2, 0.25) is 0 Å². The summed E-state index contributed by atoms with van der Waals surface area (Å²) in [6.45, 7) is 5.23. The molecule has 0 spiro atoms. The number of ether oxygens (including phenoxy) is 1. The predicted molar refractivity (Wildman–Crippen MR) is 81.8 cm³/mol. The number of benzene rings is 1. The summed E-state index contributed by atoms with van der Waals surface area (Å²) in [6.07, 6.45) is -0.973. The highest BCUT2D eigenvalue weighted by atomic mass is 19.1. The minimum Gasteiger partial charge on any atom is -0.386 e. The van der Waals surface area contributed by atoms with Crippen LogP contribution in [0.3, 0.4) is 0 Å². The highest BCUT2D eigenvalue weighted by Gasteiger charge is 2.12. The van der Waals surface area contributed by atoms with Crippen LogP contribution in [0.15, 0.2) is 29.3 Å². The van der Waals surface area contributed by atoms with Crippen molar-refractivity contribution in [2.24, 2.45) is 4.99 Å². The molecule has 1 aromatic rings. The van der Waals surface area contributed by atoms with Gasteiger partial charge in [0.15, 0.2) is 5.96 Å². The standard InChI is InChI=1S/C15H24FN3O2/c1-4-17-15(19-11(2)10-21-3)18-9-14(20)12-7-5-6-8-13(12)16/h5-8,11,14,20H,4,9-10H2,1-3H3,(H2,17,18,19). The average Bonchev–Trinajstić information content (AvgIpc) is 2.45. The Kier molecular flexibility index (Phi) is 7.71. The molecule has 1 aromatic carbocycles. The number of rotatable bonds is 7. The van der Waals surface area contributed by atoms with Crippen LogP contribution in [-0.4, -0.2) is 43.9 Å². The number of hydrogen-bond donors (Lipinski definition) is 3. The lowest BCUT2D eigenvalue weighted by Gasteiger charge is -2.18. The van der Waals surface area contributed by atoms with Crippen molar-refractivity contribution in [2.75, 3.05) is 26.8 Å². The van der Waals surface area contributed by atoms with Crippen LogP contribution in [0, 0.1) is 5.82 Å². The molecule has 0 bridgehead atoms. The molecule has 0 saturated heterocycles. The second kappa shape index (κ2) is 9.31. The van der Waals surface area contributed by atoms with Gasteiger partial charge in [-0.1, -0.05) is 18.2 Å². The number of halogens is 1. The molecule has 0 aliphatic rings. The van der Waals surface area contributed by atoms with Gasteiger partial charge in [-0.05, 0) is 19.9 Å². The van der Waals surface area contributed by atoms with Crippen molar-refractivity contribution in [3.05, 3.63) is 35.6 Å². The first-order chi connectivity index (χ1) is 10.1. The van der Waals surface area contributed by atoms with Gasteiger partial charge < -0.3 is 20.5 Å². The summed E-state index contributed by atoms with van der Waals surface area (Å²) in [5.41, 5.74) is 0.252. The SMILES string of the molecule is CCNC(=NCC(O)c1ccccc1F)NC(C)COC. The predicted octanol–water partition coefficient (Wildman–Crippen LogP) is 1.45. The van der Waals surface area contributed by atoms with E-state index in [9.17, 15) is 9.50 Å². The Hall–Kier alpha value is -1.66. The lowest BCUT2D eigenvalue weighted by Crippen LogP contribution is -2.44. The van der Waals surface area contributed by atoms with E-state index in [4.69, 9.17) is 4.74 Å². The molecule has 0 amide bonds. The molecule has 2 unspecified atom stereocenters. The number of nitrogens with zero attached hydrogens (tertiary/aromatic N) is 1. The van der Waals surface area contributed by atoms with Gasteiger partial charge in [-0.25, -0.2) is 4.39 Å². The molecule has 0 aliphatic carbocycles. The van der Waals surface area contributed by atoms with Crippen molar-refractivity contribution >= 4 is 5.96 Å². The van der Waals surface area contributed by atoms with E-state index in [0.717, 1.165) is 0 Å². The zero-order chi connectivity index (χ0) is 15.7. The van der Waals surface area contributed by atoms with Crippen molar-refractivity contribution in [3.8, 4) is 0 Å². The number of aliphatic imine (C=N–C) groups is 1. The Morgan fingerprint density at radius 3 is 2.76 bits per heavy atom. The van der Waals surface area contributed by atoms with Crippen molar-refractivity contribution in [1.82, 2.24) is 10.6 Å². The third-order valence-corrected chi connectivity index (χ3v) is 2.83. The summed E-state index contributed by atoms with van der Waals surface area (Å²) >= 11 is 0. The number of methoxy groups -OCH3 is 1. The number of aliphatic hydroxyl groups excluding tert-OH is 1. The van der Waals surface area contributed by atoms with Crippen molar-refractivity contribution in [2.45, 2.75) is 26.0 Å². The van der Waals surface area contributed by atoms with Crippen LogP contribution in [0.1, 0.15) is 25.5 Å². The minimum atomic E-state index is -0.973. The summed E-state index contributed by atoms with van der Waals surface area (Å²) < 4.78 is 18.6. The Balaban J connectivity index is 2.66. The van der Waals surface area contributed by atoms with Crippen LogP contribution in [-0.2, 0) is 4.74 Å². The first-order valence-electron chi connectivity index (χ1n) is 7.04. The molecule has 0 heterocycles. The molecule has 0 fully saturated rings. The van der Waals surface area contributed by atoms with E-state index < -0.39 is 11.9 Å². The largest absolute Gasteiger partial charge is 0.386 e. The lowest BCUT2D eigenvalue weighted by atomic mass is 10.1. The zero-order valence-corrected chi connectivity index (χ0v) is 12.8. The molecule has 3 N–H and O–H groups in total. The first kappa shape index (κ1) is 17.4. The monoisotopic (exact) mass is 297 g/mol. The normalized spacial score (nSPS) is 14.6. The Morgan fingerprint density at radius 1 is 1.43 bits per heavy atom. The van der Waals surface area contributed by atoms with Crippen LogP contribution in [0.4, 0.5) is 4.39 Å². The van der Waals surface area contributed by atoms with E-state index in [0.29, 0.717) is 19.1 Å². The first-order valence-corrected chi connectivity index (χ1v) is 7.04. The molecule has 1 rings (SSSR count). The van der Waals surface area contributed by atoms with Crippen molar-refractivity contribution in [3.63, 3.8) is 0 Å². The molecular weight excluding hydrogens is 273 g/mol. The molecule has 118 valence electrons. The van der Waals surface area contributed by atoms with Gasteiger partial charge in [0.05, 0.1) is 13.2 Å². The molecule has 2 atom stereocenters. The molecule has 0 aromatic heterocycles. The van der Waals surface area contributed by atoms with Crippen LogP contribution in [0.5, 0.6) is 0 Å². The molecule has 0 saturated carbocycles. The maximum absolute atomic E-state index is 13.6. The summed E-state index contributed by atoms with van der Waals surface area (Å²) in [7, 11) is 1.63. The third kappa shape index (κ3) is 6.10. The molecule has 5 nitrogen and oxygen atoms in total. The van der Waals surface area contributed by atoms with Gasteiger partial charge in [0.1, 0.15) is 11.9 Å². The van der Waals surface area contributed by atoms with Crippen molar-refractivity contribution < 1.29 is 14.2 Å². The average molecular weight is 297 g/mol. The molecule has 6 heteroatoms. The van der Waals surface area contributed by atoms with Gasteiger partial charge >= 0.3 is 0 Å². The van der Waals surface area contributed by atoms with E-state index in [2.05, 4.69) is 15.6 Å². The number of aliphatic hydroxyl groups is 1. The summed E-state index contributed by atoms with van der Waals surface area (Å²) in [5.74, 6) is 0.142.